The minimum absolute atomic E-state index is 0.222. The van der Waals surface area contributed by atoms with E-state index in [-0.39, 0.29) is 43.1 Å². The van der Waals surface area contributed by atoms with Crippen LogP contribution in [0.5, 0.6) is 0 Å². The van der Waals surface area contributed by atoms with E-state index in [9.17, 15) is 14.4 Å². The van der Waals surface area contributed by atoms with Gasteiger partial charge in [-0.3, -0.25) is 14.4 Å². The summed E-state index contributed by atoms with van der Waals surface area (Å²) < 4.78 is 0.914. The van der Waals surface area contributed by atoms with Crippen LogP contribution in [-0.4, -0.2) is 41.3 Å². The molecule has 3 N–H and O–H groups in total. The number of hydrogen-bond acceptors (Lipinski definition) is 5. The third-order valence-electron chi connectivity index (χ3n) is 5.13. The standard InChI is InChI=1S/C25H27ClN4O3S/c1-3-22(31)27-15-18(12-16-8-6-5-7-9-16)28-25(33)20(29-23(32)4-2)14-24-30-19-11-10-17(26)13-21(19)34-24/h3,5-11,13,18,20H,1,4,12,14-15H2,2H3,(H,27,31)(H,28,33)(H,29,32)/t18-,20-/m0/s1. The molecule has 1 heterocycles. The number of carbonyl (C=O) groups excluding carboxylic acids is 3. The van der Waals surface area contributed by atoms with Crippen LogP contribution >= 0.6 is 22.9 Å². The van der Waals surface area contributed by atoms with E-state index in [1.54, 1.807) is 13.0 Å². The molecule has 2 atom stereocenters. The number of halogens is 1. The minimum Gasteiger partial charge on any atom is -0.350 e. The van der Waals surface area contributed by atoms with E-state index in [0.717, 1.165) is 15.8 Å². The summed E-state index contributed by atoms with van der Waals surface area (Å²) in [6.45, 7) is 5.41. The van der Waals surface area contributed by atoms with Crippen molar-refractivity contribution in [3.8, 4) is 0 Å². The van der Waals surface area contributed by atoms with E-state index in [0.29, 0.717) is 16.5 Å². The van der Waals surface area contributed by atoms with Crippen molar-refractivity contribution >= 4 is 50.9 Å². The molecule has 0 aliphatic carbocycles. The number of nitrogens with one attached hydrogen (secondary N) is 3. The Balaban J connectivity index is 1.77. The first-order valence-corrected chi connectivity index (χ1v) is 12.2. The highest BCUT2D eigenvalue weighted by molar-refractivity contribution is 7.18. The van der Waals surface area contributed by atoms with Gasteiger partial charge in [-0.05, 0) is 36.3 Å². The minimum atomic E-state index is -0.808. The molecule has 0 saturated carbocycles. The van der Waals surface area contributed by atoms with E-state index in [2.05, 4.69) is 27.5 Å². The van der Waals surface area contributed by atoms with E-state index in [4.69, 9.17) is 11.6 Å². The van der Waals surface area contributed by atoms with Gasteiger partial charge >= 0.3 is 0 Å². The second kappa shape index (κ2) is 12.3. The second-order valence-corrected chi connectivity index (χ2v) is 9.29. The smallest absolute Gasteiger partial charge is 0.243 e. The summed E-state index contributed by atoms with van der Waals surface area (Å²) in [4.78, 5) is 41.7. The largest absolute Gasteiger partial charge is 0.350 e. The van der Waals surface area contributed by atoms with Crippen LogP contribution in [0.4, 0.5) is 0 Å². The van der Waals surface area contributed by atoms with Crippen LogP contribution in [0.2, 0.25) is 5.02 Å². The fourth-order valence-electron chi connectivity index (χ4n) is 3.38. The van der Waals surface area contributed by atoms with Gasteiger partial charge in [-0.1, -0.05) is 55.4 Å². The van der Waals surface area contributed by atoms with E-state index >= 15 is 0 Å². The van der Waals surface area contributed by atoms with Crippen LogP contribution in [0.1, 0.15) is 23.9 Å². The van der Waals surface area contributed by atoms with Crippen molar-refractivity contribution in [2.45, 2.75) is 38.3 Å². The quantitative estimate of drug-likeness (QED) is 0.353. The van der Waals surface area contributed by atoms with Gasteiger partial charge < -0.3 is 16.0 Å². The highest BCUT2D eigenvalue weighted by Gasteiger charge is 2.25. The molecule has 0 unspecified atom stereocenters. The summed E-state index contributed by atoms with van der Waals surface area (Å²) in [5.41, 5.74) is 1.80. The zero-order chi connectivity index (χ0) is 24.5. The van der Waals surface area contributed by atoms with Crippen LogP contribution in [0, 0.1) is 0 Å². The number of aromatic nitrogens is 1. The van der Waals surface area contributed by atoms with Crippen LogP contribution in [0.3, 0.4) is 0 Å². The molecule has 0 aliphatic heterocycles. The van der Waals surface area contributed by atoms with Crippen molar-refractivity contribution in [3.05, 3.63) is 76.8 Å². The van der Waals surface area contributed by atoms with Gasteiger partial charge in [0.1, 0.15) is 6.04 Å². The maximum Gasteiger partial charge on any atom is 0.243 e. The predicted molar refractivity (Wildman–Crippen MR) is 136 cm³/mol. The first kappa shape index (κ1) is 25.4. The molecule has 0 aliphatic rings. The molecule has 0 radical (unpaired) electrons. The maximum atomic E-state index is 13.3. The van der Waals surface area contributed by atoms with Gasteiger partial charge in [0, 0.05) is 24.4 Å². The number of fused-ring (bicyclic) bond motifs is 1. The van der Waals surface area contributed by atoms with Crippen molar-refractivity contribution in [3.63, 3.8) is 0 Å². The average molecular weight is 499 g/mol. The SMILES string of the molecule is C=CC(=O)NC[C@H](Cc1ccccc1)NC(=O)[C@H](Cc1nc2ccc(Cl)cc2s1)NC(=O)CC. The van der Waals surface area contributed by atoms with Gasteiger partial charge in [0.2, 0.25) is 17.7 Å². The first-order valence-electron chi connectivity index (χ1n) is 11.0. The molecule has 9 heteroatoms. The molecular formula is C25H27ClN4O3S. The third-order valence-corrected chi connectivity index (χ3v) is 6.40. The lowest BCUT2D eigenvalue weighted by atomic mass is 10.0. The van der Waals surface area contributed by atoms with E-state index < -0.39 is 6.04 Å². The molecule has 1 aromatic heterocycles. The Morgan fingerprint density at radius 2 is 1.88 bits per heavy atom. The Morgan fingerprint density at radius 1 is 1.12 bits per heavy atom. The summed E-state index contributed by atoms with van der Waals surface area (Å²) in [6.07, 6.45) is 2.19. The normalized spacial score (nSPS) is 12.5. The fraction of sp³-hybridized carbons (Fsp3) is 0.280. The number of benzene rings is 2. The Morgan fingerprint density at radius 3 is 2.59 bits per heavy atom. The number of carbonyl (C=O) groups is 3. The molecule has 0 fully saturated rings. The van der Waals surface area contributed by atoms with E-state index in [1.807, 2.05) is 42.5 Å². The summed E-state index contributed by atoms with van der Waals surface area (Å²) in [7, 11) is 0. The highest BCUT2D eigenvalue weighted by atomic mass is 35.5. The topological polar surface area (TPSA) is 100 Å². The van der Waals surface area contributed by atoms with E-state index in [1.165, 1.54) is 17.4 Å². The lowest BCUT2D eigenvalue weighted by molar-refractivity contribution is -0.129. The molecule has 3 amide bonds. The number of rotatable bonds is 11. The summed E-state index contributed by atoms with van der Waals surface area (Å²) in [5.74, 6) is -0.895. The third kappa shape index (κ3) is 7.40. The van der Waals surface area contributed by atoms with Gasteiger partial charge in [0.15, 0.2) is 0 Å². The number of nitrogens with zero attached hydrogens (tertiary/aromatic N) is 1. The number of hydrogen-bond donors (Lipinski definition) is 3. The Hall–Kier alpha value is -3.23. The number of thiazole rings is 1. The lowest BCUT2D eigenvalue weighted by Gasteiger charge is -2.23. The average Bonchev–Trinajstić information content (AvgIpc) is 3.23. The molecule has 34 heavy (non-hydrogen) atoms. The molecule has 0 saturated heterocycles. The Bertz CT molecular complexity index is 1170. The highest BCUT2D eigenvalue weighted by Crippen LogP contribution is 2.26. The Labute approximate surface area is 207 Å². The Kier molecular flexibility index (Phi) is 9.18. The molecule has 3 rings (SSSR count). The maximum absolute atomic E-state index is 13.3. The van der Waals surface area contributed by atoms with Gasteiger partial charge in [0.25, 0.3) is 0 Å². The summed E-state index contributed by atoms with van der Waals surface area (Å²) in [6, 6.07) is 13.9. The predicted octanol–water partition coefficient (Wildman–Crippen LogP) is 3.42. The zero-order valence-corrected chi connectivity index (χ0v) is 20.4. The second-order valence-electron chi connectivity index (χ2n) is 7.74. The monoisotopic (exact) mass is 498 g/mol. The molecular weight excluding hydrogens is 472 g/mol. The van der Waals surface area contributed by atoms with Crippen LogP contribution in [0.25, 0.3) is 10.2 Å². The van der Waals surface area contributed by atoms with Gasteiger partial charge in [0.05, 0.1) is 21.3 Å². The summed E-state index contributed by atoms with van der Waals surface area (Å²) >= 11 is 7.52. The van der Waals surface area contributed by atoms with Gasteiger partial charge in [-0.15, -0.1) is 11.3 Å². The van der Waals surface area contributed by atoms with Gasteiger partial charge in [-0.25, -0.2) is 4.98 Å². The van der Waals surface area contributed by atoms with Crippen molar-refractivity contribution in [1.82, 2.24) is 20.9 Å². The lowest BCUT2D eigenvalue weighted by Crippen LogP contribution is -2.53. The molecule has 0 spiro atoms. The van der Waals surface area contributed by atoms with Crippen molar-refractivity contribution in [2.24, 2.45) is 0 Å². The number of amides is 3. The van der Waals surface area contributed by atoms with Gasteiger partial charge in [-0.2, -0.15) is 0 Å². The molecule has 0 bridgehead atoms. The van der Waals surface area contributed by atoms with Crippen molar-refractivity contribution < 1.29 is 14.4 Å². The molecule has 2 aromatic carbocycles. The summed E-state index contributed by atoms with van der Waals surface area (Å²) in [5, 5.41) is 9.86. The molecule has 3 aromatic rings. The zero-order valence-electron chi connectivity index (χ0n) is 18.8. The fourth-order valence-corrected chi connectivity index (χ4v) is 4.67. The van der Waals surface area contributed by atoms with Crippen LogP contribution < -0.4 is 16.0 Å². The van der Waals surface area contributed by atoms with Crippen LogP contribution in [0.15, 0.2) is 61.2 Å². The molecule has 178 valence electrons. The van der Waals surface area contributed by atoms with Crippen LogP contribution in [-0.2, 0) is 27.2 Å². The van der Waals surface area contributed by atoms with Crippen molar-refractivity contribution in [2.75, 3.05) is 6.54 Å². The molecule has 7 nitrogen and oxygen atoms in total. The van der Waals surface area contributed by atoms with Crippen molar-refractivity contribution in [1.29, 1.82) is 0 Å². The first-order chi connectivity index (χ1) is 16.4.